The van der Waals surface area contributed by atoms with Crippen molar-refractivity contribution in [1.82, 2.24) is 25.3 Å². The summed E-state index contributed by atoms with van der Waals surface area (Å²) in [6, 6.07) is 10.8. The molecule has 0 saturated heterocycles. The molecule has 0 radical (unpaired) electrons. The molecule has 2 heterocycles. The number of benzene rings is 1. The van der Waals surface area contributed by atoms with Gasteiger partial charge in [-0.2, -0.15) is 5.10 Å². The molecule has 0 spiro atoms. The van der Waals surface area contributed by atoms with Gasteiger partial charge in [-0.15, -0.1) is 0 Å². The Balaban J connectivity index is 1.36. The van der Waals surface area contributed by atoms with Crippen LogP contribution in [-0.2, 0) is 17.9 Å². The maximum atomic E-state index is 12.6. The third kappa shape index (κ3) is 4.21. The van der Waals surface area contributed by atoms with E-state index in [1.807, 2.05) is 6.07 Å². The highest BCUT2D eigenvalue weighted by atomic mass is 16.2. The van der Waals surface area contributed by atoms with Gasteiger partial charge in [0.05, 0.1) is 18.8 Å². The minimum absolute atomic E-state index is 0.0586. The average molecular weight is 381 g/mol. The Morgan fingerprint density at radius 2 is 1.86 bits per heavy atom. The highest BCUT2D eigenvalue weighted by Gasteiger charge is 2.27. The SMILES string of the molecule is O=C(NCC(=O)N1CCCn2nc(C(=O)NC3CC3)cc2C1)c1ccccc1. The molecule has 1 fully saturated rings. The van der Waals surface area contributed by atoms with E-state index < -0.39 is 0 Å². The Bertz CT molecular complexity index is 889. The molecule has 1 aromatic carbocycles. The number of fused-ring (bicyclic) bond motifs is 1. The highest BCUT2D eigenvalue weighted by molar-refractivity contribution is 5.96. The van der Waals surface area contributed by atoms with E-state index in [0.717, 1.165) is 25.0 Å². The van der Waals surface area contributed by atoms with Gasteiger partial charge in [0.25, 0.3) is 11.8 Å². The second-order valence-electron chi connectivity index (χ2n) is 7.21. The van der Waals surface area contributed by atoms with E-state index in [-0.39, 0.29) is 30.3 Å². The number of aryl methyl sites for hydroxylation is 1. The molecule has 1 aromatic heterocycles. The molecule has 0 unspecified atom stereocenters. The highest BCUT2D eigenvalue weighted by Crippen LogP contribution is 2.20. The molecule has 4 rings (SSSR count). The summed E-state index contributed by atoms with van der Waals surface area (Å²) in [5.74, 6) is -0.577. The van der Waals surface area contributed by atoms with Crippen molar-refractivity contribution in [3.63, 3.8) is 0 Å². The lowest BCUT2D eigenvalue weighted by Crippen LogP contribution is -2.40. The van der Waals surface area contributed by atoms with Gasteiger partial charge in [0.2, 0.25) is 5.91 Å². The van der Waals surface area contributed by atoms with Gasteiger partial charge in [-0.05, 0) is 37.5 Å². The van der Waals surface area contributed by atoms with Gasteiger partial charge >= 0.3 is 0 Å². The first-order chi connectivity index (χ1) is 13.6. The van der Waals surface area contributed by atoms with Gasteiger partial charge in [-0.3, -0.25) is 19.1 Å². The van der Waals surface area contributed by atoms with E-state index in [0.29, 0.717) is 30.9 Å². The number of nitrogens with one attached hydrogen (secondary N) is 2. The molecular weight excluding hydrogens is 358 g/mol. The fraction of sp³-hybridized carbons (Fsp3) is 0.400. The number of hydrogen-bond acceptors (Lipinski definition) is 4. The number of amides is 3. The lowest BCUT2D eigenvalue weighted by molar-refractivity contribution is -0.130. The van der Waals surface area contributed by atoms with Gasteiger partial charge in [0, 0.05) is 24.7 Å². The lowest BCUT2D eigenvalue weighted by Gasteiger charge is -2.20. The molecule has 2 aromatic rings. The van der Waals surface area contributed by atoms with Gasteiger partial charge in [0.15, 0.2) is 5.69 Å². The number of carbonyl (C=O) groups is 3. The Morgan fingerprint density at radius 3 is 2.61 bits per heavy atom. The third-order valence-electron chi connectivity index (χ3n) is 4.95. The molecule has 0 bridgehead atoms. The molecule has 146 valence electrons. The Hall–Kier alpha value is -3.16. The van der Waals surface area contributed by atoms with Crippen molar-refractivity contribution in [3.05, 3.63) is 53.3 Å². The van der Waals surface area contributed by atoms with Crippen molar-refractivity contribution >= 4 is 17.7 Å². The molecule has 0 atom stereocenters. The minimum Gasteiger partial charge on any atom is -0.348 e. The molecule has 2 N–H and O–H groups in total. The van der Waals surface area contributed by atoms with Crippen molar-refractivity contribution in [3.8, 4) is 0 Å². The number of nitrogens with zero attached hydrogens (tertiary/aromatic N) is 3. The fourth-order valence-corrected chi connectivity index (χ4v) is 3.23. The summed E-state index contributed by atoms with van der Waals surface area (Å²) >= 11 is 0. The van der Waals surface area contributed by atoms with Crippen LogP contribution in [0.5, 0.6) is 0 Å². The van der Waals surface area contributed by atoms with Crippen LogP contribution in [0.3, 0.4) is 0 Å². The number of carbonyl (C=O) groups excluding carboxylic acids is 3. The van der Waals surface area contributed by atoms with Crippen LogP contribution in [-0.4, -0.2) is 51.5 Å². The van der Waals surface area contributed by atoms with E-state index in [2.05, 4.69) is 15.7 Å². The molecule has 3 amide bonds. The molecular formula is C20H23N5O3. The Labute approximate surface area is 162 Å². The van der Waals surface area contributed by atoms with Crippen LogP contribution in [0.1, 0.15) is 45.8 Å². The van der Waals surface area contributed by atoms with Crippen LogP contribution in [0, 0.1) is 0 Å². The summed E-state index contributed by atoms with van der Waals surface area (Å²) < 4.78 is 1.80. The summed E-state index contributed by atoms with van der Waals surface area (Å²) in [6.07, 6.45) is 2.79. The zero-order valence-corrected chi connectivity index (χ0v) is 15.6. The second kappa shape index (κ2) is 7.84. The largest absolute Gasteiger partial charge is 0.348 e. The average Bonchev–Trinajstić information content (AvgIpc) is 3.48. The molecule has 8 nitrogen and oxygen atoms in total. The summed E-state index contributed by atoms with van der Waals surface area (Å²) in [4.78, 5) is 38.6. The minimum atomic E-state index is -0.271. The predicted molar refractivity (Wildman–Crippen MR) is 102 cm³/mol. The van der Waals surface area contributed by atoms with E-state index in [9.17, 15) is 14.4 Å². The van der Waals surface area contributed by atoms with Crippen LogP contribution in [0.25, 0.3) is 0 Å². The summed E-state index contributed by atoms with van der Waals surface area (Å²) in [5.41, 5.74) is 1.75. The predicted octanol–water partition coefficient (Wildman–Crippen LogP) is 0.938. The maximum Gasteiger partial charge on any atom is 0.272 e. The zero-order chi connectivity index (χ0) is 19.5. The van der Waals surface area contributed by atoms with Crippen LogP contribution in [0.4, 0.5) is 0 Å². The first-order valence-electron chi connectivity index (χ1n) is 9.59. The van der Waals surface area contributed by atoms with Crippen molar-refractivity contribution < 1.29 is 14.4 Å². The van der Waals surface area contributed by atoms with Crippen LogP contribution >= 0.6 is 0 Å². The van der Waals surface area contributed by atoms with E-state index >= 15 is 0 Å². The number of aromatic nitrogens is 2. The fourth-order valence-electron chi connectivity index (χ4n) is 3.23. The van der Waals surface area contributed by atoms with Crippen molar-refractivity contribution in [2.75, 3.05) is 13.1 Å². The lowest BCUT2D eigenvalue weighted by atomic mass is 10.2. The van der Waals surface area contributed by atoms with Gasteiger partial charge in [0.1, 0.15) is 0 Å². The maximum absolute atomic E-state index is 12.6. The molecule has 8 heteroatoms. The molecule has 2 aliphatic rings. The number of rotatable bonds is 5. The van der Waals surface area contributed by atoms with E-state index in [1.165, 1.54) is 0 Å². The summed E-state index contributed by atoms with van der Waals surface area (Å²) in [6.45, 7) is 1.57. The smallest absolute Gasteiger partial charge is 0.272 e. The van der Waals surface area contributed by atoms with Crippen LogP contribution in [0.15, 0.2) is 36.4 Å². The molecule has 28 heavy (non-hydrogen) atoms. The van der Waals surface area contributed by atoms with Crippen LogP contribution in [0.2, 0.25) is 0 Å². The van der Waals surface area contributed by atoms with Gasteiger partial charge in [-0.25, -0.2) is 0 Å². The molecule has 1 aliphatic carbocycles. The van der Waals surface area contributed by atoms with E-state index in [4.69, 9.17) is 0 Å². The normalized spacial score (nSPS) is 16.1. The Kier molecular flexibility index (Phi) is 5.10. The van der Waals surface area contributed by atoms with E-state index in [1.54, 1.807) is 39.9 Å². The van der Waals surface area contributed by atoms with Gasteiger partial charge in [-0.1, -0.05) is 18.2 Å². The topological polar surface area (TPSA) is 96.3 Å². The van der Waals surface area contributed by atoms with Crippen molar-refractivity contribution in [2.24, 2.45) is 0 Å². The number of hydrogen-bond donors (Lipinski definition) is 2. The van der Waals surface area contributed by atoms with Crippen LogP contribution < -0.4 is 10.6 Å². The standard InChI is InChI=1S/C20H23N5O3/c26-18(12-21-19(27)14-5-2-1-3-6-14)24-9-4-10-25-16(13-24)11-17(23-25)20(28)22-15-7-8-15/h1-3,5-6,11,15H,4,7-10,12-13H2,(H,21,27)(H,22,28). The summed E-state index contributed by atoms with van der Waals surface area (Å²) in [7, 11) is 0. The second-order valence-corrected chi connectivity index (χ2v) is 7.21. The first-order valence-corrected chi connectivity index (χ1v) is 9.59. The first kappa shape index (κ1) is 18.2. The summed E-state index contributed by atoms with van der Waals surface area (Å²) in [5, 5.41) is 10.0. The van der Waals surface area contributed by atoms with Crippen molar-refractivity contribution in [2.45, 2.75) is 38.4 Å². The Morgan fingerprint density at radius 1 is 1.07 bits per heavy atom. The van der Waals surface area contributed by atoms with Gasteiger partial charge < -0.3 is 15.5 Å². The monoisotopic (exact) mass is 381 g/mol. The van der Waals surface area contributed by atoms with Crippen molar-refractivity contribution in [1.29, 1.82) is 0 Å². The molecule has 1 aliphatic heterocycles. The zero-order valence-electron chi connectivity index (χ0n) is 15.6. The third-order valence-corrected chi connectivity index (χ3v) is 4.95. The quantitative estimate of drug-likeness (QED) is 0.806. The molecule has 1 saturated carbocycles.